The number of aromatic nitrogens is 3. The molecular formula is C17H15N5. The van der Waals surface area contributed by atoms with Crippen LogP contribution in [0.25, 0.3) is 0 Å². The van der Waals surface area contributed by atoms with Gasteiger partial charge in [0.1, 0.15) is 11.8 Å². The largest absolute Gasteiger partial charge is 0.380 e. The van der Waals surface area contributed by atoms with Gasteiger partial charge in [-0.1, -0.05) is 24.3 Å². The van der Waals surface area contributed by atoms with Crippen molar-refractivity contribution >= 4 is 5.69 Å². The second-order valence-corrected chi connectivity index (χ2v) is 4.95. The lowest BCUT2D eigenvalue weighted by molar-refractivity contribution is 0.797. The highest BCUT2D eigenvalue weighted by atomic mass is 15.0. The van der Waals surface area contributed by atoms with Crippen LogP contribution in [0.3, 0.4) is 0 Å². The van der Waals surface area contributed by atoms with Crippen LogP contribution in [0.5, 0.6) is 0 Å². The van der Waals surface area contributed by atoms with E-state index in [4.69, 9.17) is 5.26 Å². The summed E-state index contributed by atoms with van der Waals surface area (Å²) in [5.41, 5.74) is 3.76. The average molecular weight is 289 g/mol. The fourth-order valence-corrected chi connectivity index (χ4v) is 2.12. The molecule has 0 aliphatic heterocycles. The standard InChI is InChI=1S/C17H15N5/c18-9-16-5-6-17(11-21-16)20-10-14-1-3-15(4-2-14)12-22-8-7-19-13-22/h1-8,11,13,20H,10,12H2. The molecule has 0 unspecified atom stereocenters. The normalized spacial score (nSPS) is 10.1. The Hall–Kier alpha value is -3.13. The maximum Gasteiger partial charge on any atom is 0.140 e. The molecule has 0 spiro atoms. The van der Waals surface area contributed by atoms with Crippen molar-refractivity contribution in [3.05, 3.63) is 78.1 Å². The molecule has 0 fully saturated rings. The summed E-state index contributed by atoms with van der Waals surface area (Å²) in [6.07, 6.45) is 7.22. The monoisotopic (exact) mass is 289 g/mol. The van der Waals surface area contributed by atoms with Gasteiger partial charge in [0.2, 0.25) is 0 Å². The van der Waals surface area contributed by atoms with E-state index in [1.165, 1.54) is 11.1 Å². The third kappa shape index (κ3) is 3.49. The maximum atomic E-state index is 8.72. The molecule has 2 aromatic heterocycles. The van der Waals surface area contributed by atoms with Gasteiger partial charge in [-0.05, 0) is 23.3 Å². The molecule has 5 heteroatoms. The van der Waals surface area contributed by atoms with Gasteiger partial charge in [-0.25, -0.2) is 9.97 Å². The number of hydrogen-bond acceptors (Lipinski definition) is 4. The molecule has 3 aromatic rings. The summed E-state index contributed by atoms with van der Waals surface area (Å²) in [6, 6.07) is 14.0. The summed E-state index contributed by atoms with van der Waals surface area (Å²) in [7, 11) is 0. The Labute approximate surface area is 128 Å². The van der Waals surface area contributed by atoms with Gasteiger partial charge in [0, 0.05) is 25.5 Å². The maximum absolute atomic E-state index is 8.72. The van der Waals surface area contributed by atoms with Crippen LogP contribution in [0.15, 0.2) is 61.3 Å². The van der Waals surface area contributed by atoms with E-state index in [9.17, 15) is 0 Å². The molecule has 1 N–H and O–H groups in total. The van der Waals surface area contributed by atoms with Crippen LogP contribution in [-0.2, 0) is 13.1 Å². The Morgan fingerprint density at radius 3 is 2.55 bits per heavy atom. The van der Waals surface area contributed by atoms with E-state index in [0.717, 1.165) is 18.8 Å². The number of pyridine rings is 1. The molecule has 2 heterocycles. The molecule has 0 aliphatic rings. The van der Waals surface area contributed by atoms with Crippen LogP contribution in [-0.4, -0.2) is 14.5 Å². The van der Waals surface area contributed by atoms with E-state index in [0.29, 0.717) is 5.69 Å². The number of imidazole rings is 1. The molecule has 0 saturated carbocycles. The minimum absolute atomic E-state index is 0.425. The zero-order valence-electron chi connectivity index (χ0n) is 12.0. The number of rotatable bonds is 5. The lowest BCUT2D eigenvalue weighted by atomic mass is 10.1. The lowest BCUT2D eigenvalue weighted by Gasteiger charge is -2.07. The summed E-state index contributed by atoms with van der Waals surface area (Å²) in [6.45, 7) is 1.55. The summed E-state index contributed by atoms with van der Waals surface area (Å²) >= 11 is 0. The number of hydrogen-bond donors (Lipinski definition) is 1. The van der Waals surface area contributed by atoms with Crippen LogP contribution in [0.1, 0.15) is 16.8 Å². The van der Waals surface area contributed by atoms with Gasteiger partial charge >= 0.3 is 0 Å². The minimum atomic E-state index is 0.425. The Bertz CT molecular complexity index is 752. The predicted octanol–water partition coefficient (Wildman–Crippen LogP) is 2.81. The highest BCUT2D eigenvalue weighted by molar-refractivity contribution is 5.43. The third-order valence-electron chi connectivity index (χ3n) is 3.32. The molecule has 0 bridgehead atoms. The van der Waals surface area contributed by atoms with E-state index in [-0.39, 0.29) is 0 Å². The number of nitrogens with one attached hydrogen (secondary N) is 1. The Kier molecular flexibility index (Phi) is 4.12. The SMILES string of the molecule is N#Cc1ccc(NCc2ccc(Cn3ccnc3)cc2)cn1. The van der Waals surface area contributed by atoms with Gasteiger partial charge in [0.25, 0.3) is 0 Å². The van der Waals surface area contributed by atoms with Crippen LogP contribution in [0.2, 0.25) is 0 Å². The predicted molar refractivity (Wildman–Crippen MR) is 84.0 cm³/mol. The van der Waals surface area contributed by atoms with E-state index in [2.05, 4.69) is 39.6 Å². The first-order valence-corrected chi connectivity index (χ1v) is 6.97. The molecule has 0 amide bonds. The van der Waals surface area contributed by atoms with Crippen molar-refractivity contribution < 1.29 is 0 Å². The van der Waals surface area contributed by atoms with Crippen molar-refractivity contribution in [1.82, 2.24) is 14.5 Å². The molecule has 0 radical (unpaired) electrons. The van der Waals surface area contributed by atoms with Crippen molar-refractivity contribution in [2.45, 2.75) is 13.1 Å². The summed E-state index contributed by atoms with van der Waals surface area (Å²) in [5.74, 6) is 0. The molecule has 3 rings (SSSR count). The van der Waals surface area contributed by atoms with Crippen molar-refractivity contribution in [2.24, 2.45) is 0 Å². The van der Waals surface area contributed by atoms with E-state index < -0.39 is 0 Å². The zero-order chi connectivity index (χ0) is 15.2. The fraction of sp³-hybridized carbons (Fsp3) is 0.118. The molecule has 0 atom stereocenters. The van der Waals surface area contributed by atoms with E-state index in [1.54, 1.807) is 18.5 Å². The highest BCUT2D eigenvalue weighted by Gasteiger charge is 1.98. The quantitative estimate of drug-likeness (QED) is 0.784. The first-order chi connectivity index (χ1) is 10.8. The van der Waals surface area contributed by atoms with Crippen LogP contribution < -0.4 is 5.32 Å². The van der Waals surface area contributed by atoms with E-state index >= 15 is 0 Å². The minimum Gasteiger partial charge on any atom is -0.380 e. The molecular weight excluding hydrogens is 274 g/mol. The third-order valence-corrected chi connectivity index (χ3v) is 3.32. The Morgan fingerprint density at radius 2 is 1.91 bits per heavy atom. The number of anilines is 1. The number of benzene rings is 1. The van der Waals surface area contributed by atoms with Gasteiger partial charge < -0.3 is 9.88 Å². The van der Waals surface area contributed by atoms with E-state index in [1.807, 2.05) is 29.2 Å². The number of nitrogens with zero attached hydrogens (tertiary/aromatic N) is 4. The molecule has 0 saturated heterocycles. The molecule has 0 aliphatic carbocycles. The van der Waals surface area contributed by atoms with Gasteiger partial charge in [-0.3, -0.25) is 0 Å². The first-order valence-electron chi connectivity index (χ1n) is 6.97. The van der Waals surface area contributed by atoms with Gasteiger partial charge in [-0.15, -0.1) is 0 Å². The fourth-order valence-electron chi connectivity index (χ4n) is 2.12. The Morgan fingerprint density at radius 1 is 1.09 bits per heavy atom. The Balaban J connectivity index is 1.57. The van der Waals surface area contributed by atoms with Crippen LogP contribution in [0, 0.1) is 11.3 Å². The van der Waals surface area contributed by atoms with Crippen molar-refractivity contribution in [3.63, 3.8) is 0 Å². The summed E-state index contributed by atoms with van der Waals surface area (Å²) in [5, 5.41) is 12.0. The topological polar surface area (TPSA) is 66.5 Å². The number of nitriles is 1. The average Bonchev–Trinajstić information content (AvgIpc) is 3.08. The second-order valence-electron chi connectivity index (χ2n) is 4.95. The summed E-state index contributed by atoms with van der Waals surface area (Å²) in [4.78, 5) is 8.07. The molecule has 5 nitrogen and oxygen atoms in total. The van der Waals surface area contributed by atoms with Crippen LogP contribution in [0.4, 0.5) is 5.69 Å². The smallest absolute Gasteiger partial charge is 0.140 e. The van der Waals surface area contributed by atoms with Crippen molar-refractivity contribution in [1.29, 1.82) is 5.26 Å². The zero-order valence-corrected chi connectivity index (χ0v) is 12.0. The van der Waals surface area contributed by atoms with Crippen molar-refractivity contribution in [2.75, 3.05) is 5.32 Å². The van der Waals surface area contributed by atoms with Gasteiger partial charge in [-0.2, -0.15) is 5.26 Å². The second kappa shape index (κ2) is 6.55. The van der Waals surface area contributed by atoms with Gasteiger partial charge in [0.15, 0.2) is 0 Å². The first kappa shape index (κ1) is 13.8. The van der Waals surface area contributed by atoms with Crippen LogP contribution >= 0.6 is 0 Å². The highest BCUT2D eigenvalue weighted by Crippen LogP contribution is 2.10. The van der Waals surface area contributed by atoms with Gasteiger partial charge in [0.05, 0.1) is 18.2 Å². The molecule has 1 aromatic carbocycles. The lowest BCUT2D eigenvalue weighted by Crippen LogP contribution is -2.01. The summed E-state index contributed by atoms with van der Waals surface area (Å²) < 4.78 is 2.04. The molecule has 108 valence electrons. The van der Waals surface area contributed by atoms with Crippen molar-refractivity contribution in [3.8, 4) is 6.07 Å². The molecule has 22 heavy (non-hydrogen) atoms.